The van der Waals surface area contributed by atoms with Gasteiger partial charge in [0, 0.05) is 11.8 Å². The molecule has 0 aliphatic rings. The van der Waals surface area contributed by atoms with Crippen LogP contribution >= 0.6 is 0 Å². The van der Waals surface area contributed by atoms with Gasteiger partial charge in [-0.25, -0.2) is 4.39 Å². The van der Waals surface area contributed by atoms with E-state index in [0.717, 1.165) is 5.56 Å². The number of rotatable bonds is 3. The number of benzene rings is 2. The van der Waals surface area contributed by atoms with Crippen molar-refractivity contribution in [3.8, 4) is 11.5 Å². The Morgan fingerprint density at radius 1 is 1.25 bits per heavy atom. The maximum atomic E-state index is 13.3. The van der Waals surface area contributed by atoms with Crippen LogP contribution in [0.3, 0.4) is 0 Å². The molecule has 0 aromatic heterocycles. The highest BCUT2D eigenvalue weighted by molar-refractivity contribution is 6.06. The van der Waals surface area contributed by atoms with Crippen molar-refractivity contribution < 1.29 is 19.0 Å². The minimum atomic E-state index is -0.510. The zero-order chi connectivity index (χ0) is 14.7. The van der Waals surface area contributed by atoms with Crippen molar-refractivity contribution >= 4 is 11.6 Å². The minimum absolute atomic E-state index is 0.0382. The molecule has 0 spiro atoms. The molecule has 20 heavy (non-hydrogen) atoms. The van der Waals surface area contributed by atoms with Crippen LogP contribution in [0.15, 0.2) is 36.4 Å². The van der Waals surface area contributed by atoms with Crippen LogP contribution in [0, 0.1) is 12.7 Å². The van der Waals surface area contributed by atoms with Crippen molar-refractivity contribution in [3.63, 3.8) is 0 Å². The van der Waals surface area contributed by atoms with Gasteiger partial charge in [0.25, 0.3) is 5.91 Å². The molecule has 4 nitrogen and oxygen atoms in total. The summed E-state index contributed by atoms with van der Waals surface area (Å²) in [6.07, 6.45) is 0. The van der Waals surface area contributed by atoms with Gasteiger partial charge in [-0.1, -0.05) is 11.6 Å². The van der Waals surface area contributed by atoms with Crippen LogP contribution < -0.4 is 10.1 Å². The zero-order valence-electron chi connectivity index (χ0n) is 11.1. The first-order valence-electron chi connectivity index (χ1n) is 5.96. The van der Waals surface area contributed by atoms with E-state index in [0.29, 0.717) is 5.69 Å². The van der Waals surface area contributed by atoms with E-state index in [2.05, 4.69) is 5.32 Å². The summed E-state index contributed by atoms with van der Waals surface area (Å²) in [5, 5.41) is 12.3. The molecule has 1 amide bonds. The van der Waals surface area contributed by atoms with Crippen LogP contribution in [0.5, 0.6) is 11.5 Å². The second kappa shape index (κ2) is 5.61. The Bertz CT molecular complexity index is 656. The van der Waals surface area contributed by atoms with Gasteiger partial charge in [0.05, 0.1) is 12.7 Å². The lowest BCUT2D eigenvalue weighted by atomic mass is 10.1. The number of aromatic hydroxyl groups is 1. The highest BCUT2D eigenvalue weighted by atomic mass is 19.1. The van der Waals surface area contributed by atoms with Crippen molar-refractivity contribution in [2.75, 3.05) is 12.4 Å². The van der Waals surface area contributed by atoms with E-state index >= 15 is 0 Å². The average molecular weight is 275 g/mol. The van der Waals surface area contributed by atoms with Gasteiger partial charge in [0.2, 0.25) is 0 Å². The number of methoxy groups -OCH3 is 1. The fraction of sp³-hybridized carbons (Fsp3) is 0.133. The Kier molecular flexibility index (Phi) is 3.89. The topological polar surface area (TPSA) is 58.6 Å². The number of halogens is 1. The van der Waals surface area contributed by atoms with E-state index < -0.39 is 11.7 Å². The molecule has 0 atom stereocenters. The molecule has 2 N–H and O–H groups in total. The first-order chi connectivity index (χ1) is 9.51. The predicted molar refractivity (Wildman–Crippen MR) is 73.7 cm³/mol. The van der Waals surface area contributed by atoms with E-state index in [9.17, 15) is 14.3 Å². The lowest BCUT2D eigenvalue weighted by Crippen LogP contribution is -2.12. The number of phenolic OH excluding ortho intramolecular Hbond substituents is 1. The number of hydrogen-bond donors (Lipinski definition) is 2. The summed E-state index contributed by atoms with van der Waals surface area (Å²) >= 11 is 0. The van der Waals surface area contributed by atoms with Gasteiger partial charge in [-0.05, 0) is 31.2 Å². The SMILES string of the molecule is COc1cc(NC(=O)c2cc(C)ccc2O)ccc1F. The zero-order valence-corrected chi connectivity index (χ0v) is 11.1. The number of carbonyl (C=O) groups excluding carboxylic acids is 1. The maximum Gasteiger partial charge on any atom is 0.259 e. The molecule has 2 aromatic carbocycles. The van der Waals surface area contributed by atoms with Gasteiger partial charge in [-0.2, -0.15) is 0 Å². The Morgan fingerprint density at radius 2 is 2.00 bits per heavy atom. The first-order valence-corrected chi connectivity index (χ1v) is 5.96. The quantitative estimate of drug-likeness (QED) is 0.905. The number of hydrogen-bond acceptors (Lipinski definition) is 3. The Hall–Kier alpha value is -2.56. The van der Waals surface area contributed by atoms with Gasteiger partial charge in [-0.15, -0.1) is 0 Å². The average Bonchev–Trinajstić information content (AvgIpc) is 2.43. The third-order valence-corrected chi connectivity index (χ3v) is 2.81. The second-order valence-corrected chi connectivity index (χ2v) is 4.32. The molecule has 0 saturated heterocycles. The number of carbonyl (C=O) groups is 1. The highest BCUT2D eigenvalue weighted by Crippen LogP contribution is 2.24. The summed E-state index contributed by atoms with van der Waals surface area (Å²) in [5.74, 6) is -1.05. The molecule has 0 aliphatic carbocycles. The van der Waals surface area contributed by atoms with Gasteiger partial charge in [0.1, 0.15) is 5.75 Å². The molecule has 0 aliphatic heterocycles. The Labute approximate surface area is 115 Å². The molecule has 0 bridgehead atoms. The molecule has 104 valence electrons. The number of phenols is 1. The van der Waals surface area contributed by atoms with Crippen molar-refractivity contribution in [3.05, 3.63) is 53.3 Å². The van der Waals surface area contributed by atoms with E-state index in [1.54, 1.807) is 12.1 Å². The summed E-state index contributed by atoms with van der Waals surface area (Å²) in [6, 6.07) is 8.72. The predicted octanol–water partition coefficient (Wildman–Crippen LogP) is 3.10. The Balaban J connectivity index is 2.25. The summed E-state index contributed by atoms with van der Waals surface area (Å²) in [7, 11) is 1.34. The van der Waals surface area contributed by atoms with Gasteiger partial charge >= 0.3 is 0 Å². The smallest absolute Gasteiger partial charge is 0.259 e. The molecule has 0 radical (unpaired) electrons. The van der Waals surface area contributed by atoms with Crippen LogP contribution in [0.4, 0.5) is 10.1 Å². The largest absolute Gasteiger partial charge is 0.507 e. The van der Waals surface area contributed by atoms with Crippen molar-refractivity contribution in [2.45, 2.75) is 6.92 Å². The summed E-state index contributed by atoms with van der Waals surface area (Å²) < 4.78 is 18.1. The molecule has 2 rings (SSSR count). The van der Waals surface area contributed by atoms with Crippen LogP contribution in [-0.2, 0) is 0 Å². The normalized spacial score (nSPS) is 10.2. The third kappa shape index (κ3) is 2.88. The van der Waals surface area contributed by atoms with Crippen LogP contribution in [0.1, 0.15) is 15.9 Å². The monoisotopic (exact) mass is 275 g/mol. The minimum Gasteiger partial charge on any atom is -0.507 e. The van der Waals surface area contributed by atoms with Crippen molar-refractivity contribution in [2.24, 2.45) is 0 Å². The number of ether oxygens (including phenoxy) is 1. The van der Waals surface area contributed by atoms with Crippen LogP contribution in [-0.4, -0.2) is 18.1 Å². The third-order valence-electron chi connectivity index (χ3n) is 2.81. The van der Waals surface area contributed by atoms with E-state index in [1.165, 1.54) is 31.4 Å². The molecule has 0 saturated carbocycles. The second-order valence-electron chi connectivity index (χ2n) is 4.32. The van der Waals surface area contributed by atoms with Crippen molar-refractivity contribution in [1.82, 2.24) is 0 Å². The Morgan fingerprint density at radius 3 is 2.70 bits per heavy atom. The molecule has 0 unspecified atom stereocenters. The number of amides is 1. The molecule has 5 heteroatoms. The summed E-state index contributed by atoms with van der Waals surface area (Å²) in [6.45, 7) is 1.82. The van der Waals surface area contributed by atoms with Gasteiger partial charge in [0.15, 0.2) is 11.6 Å². The number of anilines is 1. The summed E-state index contributed by atoms with van der Waals surface area (Å²) in [4.78, 5) is 12.1. The number of nitrogens with one attached hydrogen (secondary N) is 1. The standard InChI is InChI=1S/C15H14FNO3/c1-9-3-6-13(18)11(7-9)15(19)17-10-4-5-12(16)14(8-10)20-2/h3-8,18H,1-2H3,(H,17,19). The van der Waals surface area contributed by atoms with E-state index in [-0.39, 0.29) is 17.1 Å². The fourth-order valence-corrected chi connectivity index (χ4v) is 1.77. The van der Waals surface area contributed by atoms with Crippen LogP contribution in [0.25, 0.3) is 0 Å². The molecular formula is C15H14FNO3. The first kappa shape index (κ1) is 13.9. The lowest BCUT2D eigenvalue weighted by molar-refractivity contribution is 0.102. The molecule has 0 fully saturated rings. The maximum absolute atomic E-state index is 13.3. The molecule has 2 aromatic rings. The van der Waals surface area contributed by atoms with E-state index in [4.69, 9.17) is 4.74 Å². The molecular weight excluding hydrogens is 261 g/mol. The fourth-order valence-electron chi connectivity index (χ4n) is 1.77. The lowest BCUT2D eigenvalue weighted by Gasteiger charge is -2.09. The molecule has 0 heterocycles. The summed E-state index contributed by atoms with van der Waals surface area (Å²) in [5.41, 5.74) is 1.40. The van der Waals surface area contributed by atoms with Crippen molar-refractivity contribution in [1.29, 1.82) is 0 Å². The highest BCUT2D eigenvalue weighted by Gasteiger charge is 2.12. The van der Waals surface area contributed by atoms with E-state index in [1.807, 2.05) is 6.92 Å². The number of aryl methyl sites for hydroxylation is 1. The van der Waals surface area contributed by atoms with Gasteiger partial charge in [-0.3, -0.25) is 4.79 Å². The van der Waals surface area contributed by atoms with Gasteiger partial charge < -0.3 is 15.2 Å². The van der Waals surface area contributed by atoms with Crippen LogP contribution in [0.2, 0.25) is 0 Å².